The molecule has 0 aliphatic carbocycles. The minimum atomic E-state index is -0.472. The number of nitro benzene ring substituents is 1. The van der Waals surface area contributed by atoms with Gasteiger partial charge in [-0.05, 0) is 31.2 Å². The van der Waals surface area contributed by atoms with Crippen LogP contribution in [0.4, 0.5) is 5.69 Å². The van der Waals surface area contributed by atoms with Crippen LogP contribution in [0.25, 0.3) is 6.08 Å². The highest BCUT2D eigenvalue weighted by Gasteiger charge is 2.23. The summed E-state index contributed by atoms with van der Waals surface area (Å²) in [6.45, 7) is 3.78. The van der Waals surface area contributed by atoms with E-state index in [2.05, 4.69) is 6.92 Å². The predicted molar refractivity (Wildman–Crippen MR) is 104 cm³/mol. The third-order valence-corrected chi connectivity index (χ3v) is 4.58. The average molecular weight is 376 g/mol. The summed E-state index contributed by atoms with van der Waals surface area (Å²) in [7, 11) is 3.40. The molecule has 1 aromatic carbocycles. The normalized spacial score (nSPS) is 16.6. The first-order chi connectivity index (χ1) is 13.0. The molecule has 0 amide bonds. The van der Waals surface area contributed by atoms with Crippen LogP contribution in [0.1, 0.15) is 44.6 Å². The van der Waals surface area contributed by atoms with Gasteiger partial charge in [-0.15, -0.1) is 0 Å². The molecule has 0 aromatic heterocycles. The molecule has 0 saturated carbocycles. The summed E-state index contributed by atoms with van der Waals surface area (Å²) in [6.07, 6.45) is 6.24. The lowest BCUT2D eigenvalue weighted by atomic mass is 10.0. The van der Waals surface area contributed by atoms with Gasteiger partial charge in [-0.2, -0.15) is 0 Å². The minimum Gasteiger partial charge on any atom is -0.493 e. The number of hydrogen-bond donors (Lipinski definition) is 0. The molecule has 0 N–H and O–H groups in total. The van der Waals surface area contributed by atoms with Crippen LogP contribution in [0, 0.1) is 10.1 Å². The van der Waals surface area contributed by atoms with Gasteiger partial charge in [0.05, 0.1) is 18.6 Å². The Balaban J connectivity index is 2.29. The Morgan fingerprint density at radius 3 is 2.74 bits per heavy atom. The number of carbonyl (C=O) groups excluding carboxylic acids is 1. The first kappa shape index (κ1) is 20.9. The van der Waals surface area contributed by atoms with Gasteiger partial charge in [-0.25, -0.2) is 0 Å². The van der Waals surface area contributed by atoms with E-state index in [1.54, 1.807) is 12.1 Å². The molecule has 27 heavy (non-hydrogen) atoms. The predicted octanol–water partition coefficient (Wildman–Crippen LogP) is 3.85. The number of piperidine rings is 1. The topological polar surface area (TPSA) is 81.9 Å². The monoisotopic (exact) mass is 376 g/mol. The summed E-state index contributed by atoms with van der Waals surface area (Å²) >= 11 is 0. The van der Waals surface area contributed by atoms with Gasteiger partial charge >= 0.3 is 5.69 Å². The second-order valence-electron chi connectivity index (χ2n) is 6.82. The number of unbranched alkanes of at least 4 members (excludes halogenated alkanes) is 3. The van der Waals surface area contributed by atoms with Crippen LogP contribution in [0.15, 0.2) is 17.7 Å². The molecule has 1 aliphatic rings. The number of Topliss-reactive ketones (excluding diaryl/α,β-unsaturated/α-hetero) is 1. The highest BCUT2D eigenvalue weighted by Crippen LogP contribution is 2.39. The molecule has 1 aliphatic heterocycles. The molecule has 2 rings (SSSR count). The first-order valence-corrected chi connectivity index (χ1v) is 9.37. The Kier molecular flexibility index (Phi) is 7.79. The summed E-state index contributed by atoms with van der Waals surface area (Å²) in [6, 6.07) is 3.13. The summed E-state index contributed by atoms with van der Waals surface area (Å²) < 4.78 is 11.0. The molecule has 1 fully saturated rings. The molecule has 148 valence electrons. The number of rotatable bonds is 9. The molecular formula is C20H28N2O5. The molecule has 7 nitrogen and oxygen atoms in total. The smallest absolute Gasteiger partial charge is 0.315 e. The van der Waals surface area contributed by atoms with E-state index in [4.69, 9.17) is 9.47 Å². The Morgan fingerprint density at radius 1 is 1.30 bits per heavy atom. The first-order valence-electron chi connectivity index (χ1n) is 9.37. The highest BCUT2D eigenvalue weighted by atomic mass is 16.6. The van der Waals surface area contributed by atoms with E-state index in [1.165, 1.54) is 13.2 Å². The number of benzene rings is 1. The van der Waals surface area contributed by atoms with E-state index in [0.29, 0.717) is 36.5 Å². The van der Waals surface area contributed by atoms with Crippen LogP contribution in [-0.2, 0) is 4.79 Å². The second kappa shape index (κ2) is 10.1. The zero-order valence-electron chi connectivity index (χ0n) is 16.3. The number of nitro groups is 1. The Bertz CT molecular complexity index is 715. The standard InChI is InChI=1S/C20H28N2O5/c1-4-5-6-7-10-27-20-17(22(24)25)12-15(13-19(20)26-3)11-16-14-21(2)9-8-18(16)23/h11-13H,4-10,14H2,1-3H3/b16-11+. The van der Waals surface area contributed by atoms with Crippen molar-refractivity contribution < 1.29 is 19.2 Å². The molecule has 0 spiro atoms. The number of nitrogens with zero attached hydrogens (tertiary/aromatic N) is 2. The second-order valence-corrected chi connectivity index (χ2v) is 6.82. The van der Waals surface area contributed by atoms with Crippen molar-refractivity contribution in [2.45, 2.75) is 39.0 Å². The number of carbonyl (C=O) groups is 1. The van der Waals surface area contributed by atoms with Crippen molar-refractivity contribution in [3.05, 3.63) is 33.4 Å². The SMILES string of the molecule is CCCCCCOc1c(OC)cc(/C=C2\CN(C)CCC2=O)cc1[N+](=O)[O-]. The van der Waals surface area contributed by atoms with Crippen LogP contribution in [0.2, 0.25) is 0 Å². The minimum absolute atomic E-state index is 0.0750. The molecule has 7 heteroatoms. The molecule has 1 aromatic rings. The van der Waals surface area contributed by atoms with Gasteiger partial charge in [0.2, 0.25) is 5.75 Å². The third kappa shape index (κ3) is 5.79. The Hall–Kier alpha value is -2.41. The molecule has 0 unspecified atom stereocenters. The van der Waals surface area contributed by atoms with E-state index in [-0.39, 0.29) is 17.2 Å². The number of hydrogen-bond acceptors (Lipinski definition) is 6. The van der Waals surface area contributed by atoms with E-state index < -0.39 is 4.92 Å². The van der Waals surface area contributed by atoms with Gasteiger partial charge in [0, 0.05) is 31.1 Å². The fourth-order valence-electron chi connectivity index (χ4n) is 3.07. The van der Waals surface area contributed by atoms with Gasteiger partial charge < -0.3 is 14.4 Å². The quantitative estimate of drug-likeness (QED) is 0.282. The molecule has 0 bridgehead atoms. The number of ether oxygens (including phenoxy) is 2. The molecule has 0 radical (unpaired) electrons. The maximum absolute atomic E-state index is 12.1. The van der Waals surface area contributed by atoms with Crippen molar-refractivity contribution in [1.29, 1.82) is 0 Å². The summed E-state index contributed by atoms with van der Waals surface area (Å²) in [5.74, 6) is 0.530. The van der Waals surface area contributed by atoms with Crippen LogP contribution < -0.4 is 9.47 Å². The Morgan fingerprint density at radius 2 is 2.07 bits per heavy atom. The van der Waals surface area contributed by atoms with E-state index >= 15 is 0 Å². The van der Waals surface area contributed by atoms with Gasteiger partial charge in [-0.1, -0.05) is 26.2 Å². The number of methoxy groups -OCH3 is 1. The maximum Gasteiger partial charge on any atom is 0.315 e. The van der Waals surface area contributed by atoms with Crippen LogP contribution in [-0.4, -0.2) is 49.5 Å². The Labute approximate surface area is 160 Å². The lowest BCUT2D eigenvalue weighted by Gasteiger charge is -2.23. The third-order valence-electron chi connectivity index (χ3n) is 4.58. The van der Waals surface area contributed by atoms with Gasteiger partial charge in [0.25, 0.3) is 0 Å². The number of likely N-dealkylation sites (N-methyl/N-ethyl adjacent to an activating group) is 1. The van der Waals surface area contributed by atoms with E-state index in [9.17, 15) is 14.9 Å². The molecule has 1 heterocycles. The van der Waals surface area contributed by atoms with Gasteiger partial charge in [-0.3, -0.25) is 14.9 Å². The van der Waals surface area contributed by atoms with Gasteiger partial charge in [0.1, 0.15) is 0 Å². The van der Waals surface area contributed by atoms with Crippen LogP contribution in [0.3, 0.4) is 0 Å². The summed E-state index contributed by atoms with van der Waals surface area (Å²) in [4.78, 5) is 25.3. The summed E-state index contributed by atoms with van der Waals surface area (Å²) in [5.41, 5.74) is 1.07. The van der Waals surface area contributed by atoms with Crippen molar-refractivity contribution >= 4 is 17.5 Å². The maximum atomic E-state index is 12.1. The van der Waals surface area contributed by atoms with Crippen molar-refractivity contribution in [3.8, 4) is 11.5 Å². The van der Waals surface area contributed by atoms with E-state index in [0.717, 1.165) is 32.2 Å². The van der Waals surface area contributed by atoms with Crippen LogP contribution in [0.5, 0.6) is 11.5 Å². The van der Waals surface area contributed by atoms with Gasteiger partial charge in [0.15, 0.2) is 11.5 Å². The zero-order valence-corrected chi connectivity index (χ0v) is 16.3. The van der Waals surface area contributed by atoms with Crippen molar-refractivity contribution in [1.82, 2.24) is 4.90 Å². The van der Waals surface area contributed by atoms with Crippen LogP contribution >= 0.6 is 0 Å². The zero-order chi connectivity index (χ0) is 19.8. The highest BCUT2D eigenvalue weighted by molar-refractivity contribution is 6.00. The summed E-state index contributed by atoms with van der Waals surface area (Å²) in [5, 5.41) is 11.6. The number of likely N-dealkylation sites (tertiary alicyclic amines) is 1. The molecular weight excluding hydrogens is 348 g/mol. The van der Waals surface area contributed by atoms with Crippen molar-refractivity contribution in [3.63, 3.8) is 0 Å². The average Bonchev–Trinajstić information content (AvgIpc) is 2.64. The van der Waals surface area contributed by atoms with E-state index in [1.807, 2.05) is 11.9 Å². The molecule has 1 saturated heterocycles. The van der Waals surface area contributed by atoms with Crippen molar-refractivity contribution in [2.24, 2.45) is 0 Å². The molecule has 0 atom stereocenters. The lowest BCUT2D eigenvalue weighted by Crippen LogP contribution is -2.32. The lowest BCUT2D eigenvalue weighted by molar-refractivity contribution is -0.386. The fourth-order valence-corrected chi connectivity index (χ4v) is 3.07. The number of ketones is 1. The largest absolute Gasteiger partial charge is 0.493 e. The van der Waals surface area contributed by atoms with Crippen molar-refractivity contribution in [2.75, 3.05) is 33.9 Å². The fraction of sp³-hybridized carbons (Fsp3) is 0.550.